The fraction of sp³-hybridized carbons (Fsp3) is 1.00. The molecule has 0 aliphatic carbocycles. The lowest BCUT2D eigenvalue weighted by Crippen LogP contribution is -2.25. The molecule has 1 atom stereocenters. The van der Waals surface area contributed by atoms with Crippen LogP contribution in [-0.4, -0.2) is 86.0 Å². The predicted molar refractivity (Wildman–Crippen MR) is 128 cm³/mol. The summed E-state index contributed by atoms with van der Waals surface area (Å²) in [4.78, 5) is 9.57. The minimum atomic E-state index is -3.96. The maximum atomic E-state index is 11.7. The van der Waals surface area contributed by atoms with Crippen LogP contribution in [0.1, 0.15) is 65.2 Å². The van der Waals surface area contributed by atoms with Crippen molar-refractivity contribution >= 4 is 7.60 Å². The first-order valence-corrected chi connectivity index (χ1v) is 13.5. The van der Waals surface area contributed by atoms with E-state index in [1.807, 2.05) is 0 Å². The molecule has 0 rings (SSSR count). The highest BCUT2D eigenvalue weighted by atomic mass is 31.2. The van der Waals surface area contributed by atoms with Gasteiger partial charge in [-0.15, -0.1) is 0 Å². The largest absolute Gasteiger partial charge is 0.396 e. The van der Waals surface area contributed by atoms with Crippen molar-refractivity contribution in [1.82, 2.24) is 21.3 Å². The topological polar surface area (TPSA) is 135 Å². The van der Waals surface area contributed by atoms with E-state index in [4.69, 9.17) is 9.63 Å². The molecule has 0 amide bonds. The van der Waals surface area contributed by atoms with E-state index in [1.54, 1.807) is 0 Å². The first-order chi connectivity index (χ1) is 14.8. The Morgan fingerprint density at radius 2 is 1.03 bits per heavy atom. The lowest BCUT2D eigenvalue weighted by Gasteiger charge is -2.23. The van der Waals surface area contributed by atoms with Crippen LogP contribution in [-0.2, 0) is 9.09 Å². The minimum absolute atomic E-state index is 0.179. The summed E-state index contributed by atoms with van der Waals surface area (Å²) in [6.07, 6.45) is 8.06. The third-order valence-corrected chi connectivity index (χ3v) is 6.75. The first kappa shape index (κ1) is 30.9. The summed E-state index contributed by atoms with van der Waals surface area (Å²) < 4.78 is 16.6. The van der Waals surface area contributed by atoms with Crippen LogP contribution in [0.5, 0.6) is 0 Å². The average Bonchev–Trinajstić information content (AvgIpc) is 2.71. The number of hydrogen-bond acceptors (Lipinski definition) is 8. The molecule has 31 heavy (non-hydrogen) atoms. The van der Waals surface area contributed by atoms with Gasteiger partial charge in [0.25, 0.3) is 0 Å². The Bertz CT molecular complexity index is 438. The van der Waals surface area contributed by atoms with Crippen molar-refractivity contribution in [3.05, 3.63) is 0 Å². The van der Waals surface area contributed by atoms with E-state index >= 15 is 0 Å². The average molecular weight is 469 g/mol. The van der Waals surface area contributed by atoms with Crippen LogP contribution in [0.2, 0.25) is 0 Å². The number of nitrogens with one attached hydrogen (secondary N) is 4. The Balaban J connectivity index is 3.17. The lowest BCUT2D eigenvalue weighted by atomic mass is 10.3. The summed E-state index contributed by atoms with van der Waals surface area (Å²) in [5.41, 5.74) is 0. The SMILES string of the molecule is CC(C)(O)P(=O)(O)OCCCCNCCCNCCCCNCCCNCCCCO. The Hall–Kier alpha value is -0.0900. The van der Waals surface area contributed by atoms with E-state index in [0.717, 1.165) is 84.5 Å². The molecule has 0 aliphatic heterocycles. The van der Waals surface area contributed by atoms with Gasteiger partial charge in [0.05, 0.1) is 6.61 Å². The van der Waals surface area contributed by atoms with Crippen LogP contribution in [0.4, 0.5) is 0 Å². The molecule has 0 spiro atoms. The van der Waals surface area contributed by atoms with Gasteiger partial charge in [0.15, 0.2) is 5.34 Å². The second-order valence-electron chi connectivity index (χ2n) is 8.40. The van der Waals surface area contributed by atoms with Crippen LogP contribution in [0.25, 0.3) is 0 Å². The predicted octanol–water partition coefficient (Wildman–Crippen LogP) is 1.39. The Morgan fingerprint density at radius 1 is 0.677 bits per heavy atom. The molecule has 10 heteroatoms. The molecule has 0 aromatic rings. The van der Waals surface area contributed by atoms with E-state index in [2.05, 4.69) is 21.3 Å². The van der Waals surface area contributed by atoms with E-state index in [0.29, 0.717) is 6.42 Å². The molecule has 0 radical (unpaired) electrons. The maximum Gasteiger partial charge on any atom is 0.358 e. The Morgan fingerprint density at radius 3 is 1.42 bits per heavy atom. The highest BCUT2D eigenvalue weighted by Crippen LogP contribution is 2.53. The van der Waals surface area contributed by atoms with Gasteiger partial charge < -0.3 is 40.9 Å². The number of aliphatic hydroxyl groups excluding tert-OH is 1. The van der Waals surface area contributed by atoms with Crippen molar-refractivity contribution in [1.29, 1.82) is 0 Å². The van der Waals surface area contributed by atoms with E-state index in [1.165, 1.54) is 26.7 Å². The van der Waals surface area contributed by atoms with E-state index < -0.39 is 12.9 Å². The Kier molecular flexibility index (Phi) is 20.5. The summed E-state index contributed by atoms with van der Waals surface area (Å²) in [5.74, 6) is 0. The van der Waals surface area contributed by atoms with Crippen LogP contribution < -0.4 is 21.3 Å². The number of rotatable bonds is 24. The maximum absolute atomic E-state index is 11.7. The molecule has 0 fully saturated rings. The lowest BCUT2D eigenvalue weighted by molar-refractivity contribution is 0.109. The molecule has 0 heterocycles. The molecule has 188 valence electrons. The Labute approximate surface area is 189 Å². The zero-order valence-corrected chi connectivity index (χ0v) is 20.7. The molecule has 0 bridgehead atoms. The standard InChI is InChI=1S/C21H49N4O5P/c1-21(2,27)31(28,29)30-20-8-6-14-25-18-10-16-23-12-4-3-11-22-15-9-17-24-13-5-7-19-26/h22-27H,3-20H2,1-2H3,(H,28,29). The molecule has 1 unspecified atom stereocenters. The number of hydrogen-bond donors (Lipinski definition) is 7. The van der Waals surface area contributed by atoms with Gasteiger partial charge in [0.2, 0.25) is 0 Å². The molecule has 0 aromatic carbocycles. The highest BCUT2D eigenvalue weighted by Gasteiger charge is 2.38. The van der Waals surface area contributed by atoms with Gasteiger partial charge in [-0.3, -0.25) is 4.57 Å². The molecule has 9 nitrogen and oxygen atoms in total. The van der Waals surface area contributed by atoms with Crippen LogP contribution in [0.3, 0.4) is 0 Å². The van der Waals surface area contributed by atoms with Gasteiger partial charge in [0, 0.05) is 6.61 Å². The highest BCUT2D eigenvalue weighted by molar-refractivity contribution is 7.54. The van der Waals surface area contributed by atoms with E-state index in [-0.39, 0.29) is 13.2 Å². The molecule has 0 saturated heterocycles. The van der Waals surface area contributed by atoms with Crippen molar-refractivity contribution in [3.8, 4) is 0 Å². The van der Waals surface area contributed by atoms with Gasteiger partial charge >= 0.3 is 7.60 Å². The van der Waals surface area contributed by atoms with Crippen molar-refractivity contribution in [2.75, 3.05) is 65.6 Å². The van der Waals surface area contributed by atoms with Crippen LogP contribution >= 0.6 is 7.60 Å². The van der Waals surface area contributed by atoms with Crippen molar-refractivity contribution in [2.24, 2.45) is 0 Å². The minimum Gasteiger partial charge on any atom is -0.396 e. The number of aliphatic hydroxyl groups is 2. The second kappa shape index (κ2) is 20.5. The van der Waals surface area contributed by atoms with E-state index in [9.17, 15) is 14.6 Å². The molecular formula is C21H49N4O5P. The summed E-state index contributed by atoms with van der Waals surface area (Å²) in [5, 5.41) is 30.2. The summed E-state index contributed by atoms with van der Waals surface area (Å²) in [6.45, 7) is 11.0. The van der Waals surface area contributed by atoms with Gasteiger partial charge in [0.1, 0.15) is 0 Å². The quantitative estimate of drug-likeness (QED) is 0.0828. The smallest absolute Gasteiger partial charge is 0.358 e. The zero-order chi connectivity index (χ0) is 23.3. The van der Waals surface area contributed by atoms with Crippen molar-refractivity contribution in [2.45, 2.75) is 70.6 Å². The normalized spacial score (nSPS) is 14.1. The third-order valence-electron chi connectivity index (χ3n) is 4.84. The van der Waals surface area contributed by atoms with Gasteiger partial charge in [-0.1, -0.05) is 0 Å². The van der Waals surface area contributed by atoms with Gasteiger partial charge in [-0.25, -0.2) is 0 Å². The monoisotopic (exact) mass is 468 g/mol. The van der Waals surface area contributed by atoms with Crippen molar-refractivity contribution in [3.63, 3.8) is 0 Å². The molecule has 0 aromatic heterocycles. The summed E-state index contributed by atoms with van der Waals surface area (Å²) >= 11 is 0. The van der Waals surface area contributed by atoms with Crippen molar-refractivity contribution < 1.29 is 24.2 Å². The van der Waals surface area contributed by atoms with Gasteiger partial charge in [-0.2, -0.15) is 0 Å². The second-order valence-corrected chi connectivity index (χ2v) is 10.8. The van der Waals surface area contributed by atoms with Crippen LogP contribution in [0.15, 0.2) is 0 Å². The van der Waals surface area contributed by atoms with Gasteiger partial charge in [-0.05, 0) is 118 Å². The summed E-state index contributed by atoms with van der Waals surface area (Å²) in [7, 11) is -3.96. The first-order valence-electron chi connectivity index (χ1n) is 11.9. The van der Waals surface area contributed by atoms with Crippen LogP contribution in [0, 0.1) is 0 Å². The number of unbranched alkanes of at least 4 members (excludes halogenated alkanes) is 3. The molecule has 0 saturated carbocycles. The molecule has 0 aliphatic rings. The summed E-state index contributed by atoms with van der Waals surface area (Å²) in [6, 6.07) is 0. The fourth-order valence-corrected chi connectivity index (χ4v) is 3.43. The molecule has 7 N–H and O–H groups in total. The third kappa shape index (κ3) is 20.3. The fourth-order valence-electron chi connectivity index (χ4n) is 2.74. The molecular weight excluding hydrogens is 419 g/mol. The zero-order valence-electron chi connectivity index (χ0n) is 19.8.